The van der Waals surface area contributed by atoms with Crippen molar-refractivity contribution in [2.24, 2.45) is 0 Å². The molecule has 3 aromatic heterocycles. The standard InChI is InChI=1S/C22H20FN7O3/c1-12-15(23)7-13(21-27-19(28-33-21)14-10-29(11-14)22(32)24-2)8-16(12)26-20(31)17-9-25-18-5-3-4-6-30(17)18/h3-9,14H,10-11H2,1-2H3,(H,24,32)(H,26,31). The molecule has 5 rings (SSSR count). The number of anilines is 1. The molecule has 33 heavy (non-hydrogen) atoms. The van der Waals surface area contributed by atoms with Crippen molar-refractivity contribution in [1.29, 1.82) is 0 Å². The Morgan fingerprint density at radius 2 is 2.06 bits per heavy atom. The van der Waals surface area contributed by atoms with Crippen LogP contribution in [0.5, 0.6) is 0 Å². The van der Waals surface area contributed by atoms with Crippen LogP contribution < -0.4 is 10.6 Å². The minimum Gasteiger partial charge on any atom is -0.341 e. The number of fused-ring (bicyclic) bond motifs is 1. The van der Waals surface area contributed by atoms with Crippen molar-refractivity contribution in [3.8, 4) is 11.5 Å². The Morgan fingerprint density at radius 3 is 2.85 bits per heavy atom. The third kappa shape index (κ3) is 3.67. The Labute approximate surface area is 187 Å². The third-order valence-electron chi connectivity index (χ3n) is 5.68. The van der Waals surface area contributed by atoms with Crippen molar-refractivity contribution < 1.29 is 18.5 Å². The van der Waals surface area contributed by atoms with Crippen LogP contribution in [0.3, 0.4) is 0 Å². The Kier molecular flexibility index (Phi) is 5.00. The number of urea groups is 1. The molecule has 4 heterocycles. The summed E-state index contributed by atoms with van der Waals surface area (Å²) in [4.78, 5) is 34.7. The van der Waals surface area contributed by atoms with Crippen LogP contribution >= 0.6 is 0 Å². The maximum atomic E-state index is 14.7. The van der Waals surface area contributed by atoms with Gasteiger partial charge in [-0.3, -0.25) is 9.20 Å². The van der Waals surface area contributed by atoms with Crippen LogP contribution in [-0.4, -0.2) is 56.5 Å². The van der Waals surface area contributed by atoms with Gasteiger partial charge in [0.15, 0.2) is 5.82 Å². The predicted molar refractivity (Wildman–Crippen MR) is 116 cm³/mol. The smallest absolute Gasteiger partial charge is 0.317 e. The van der Waals surface area contributed by atoms with Crippen LogP contribution in [0.4, 0.5) is 14.9 Å². The summed E-state index contributed by atoms with van der Waals surface area (Å²) >= 11 is 0. The predicted octanol–water partition coefficient (Wildman–Crippen LogP) is 2.82. The SMILES string of the molecule is CNC(=O)N1CC(c2noc(-c3cc(F)c(C)c(NC(=O)c4cnc5ccccn45)c3)n2)C1. The van der Waals surface area contributed by atoms with E-state index in [2.05, 4.69) is 25.8 Å². The van der Waals surface area contributed by atoms with Gasteiger partial charge in [0, 0.05) is 43.1 Å². The van der Waals surface area contributed by atoms with Gasteiger partial charge in [-0.15, -0.1) is 0 Å². The lowest BCUT2D eigenvalue weighted by Gasteiger charge is -2.36. The lowest BCUT2D eigenvalue weighted by atomic mass is 10.0. The fourth-order valence-corrected chi connectivity index (χ4v) is 3.70. The second kappa shape index (κ2) is 8.01. The zero-order valence-electron chi connectivity index (χ0n) is 17.9. The van der Waals surface area contributed by atoms with Crippen molar-refractivity contribution in [3.05, 3.63) is 65.6 Å². The molecule has 0 bridgehead atoms. The van der Waals surface area contributed by atoms with E-state index < -0.39 is 11.7 Å². The summed E-state index contributed by atoms with van der Waals surface area (Å²) in [7, 11) is 1.57. The number of amides is 3. The number of imidazole rings is 1. The number of likely N-dealkylation sites (tertiary alicyclic amines) is 1. The number of nitrogens with one attached hydrogen (secondary N) is 2. The Hall–Kier alpha value is -4.28. The molecular weight excluding hydrogens is 429 g/mol. The monoisotopic (exact) mass is 449 g/mol. The highest BCUT2D eigenvalue weighted by Crippen LogP contribution is 2.30. The van der Waals surface area contributed by atoms with Gasteiger partial charge in [0.1, 0.15) is 17.2 Å². The highest BCUT2D eigenvalue weighted by molar-refractivity contribution is 6.04. The number of pyridine rings is 1. The average Bonchev–Trinajstić information content (AvgIpc) is 3.43. The van der Waals surface area contributed by atoms with E-state index in [1.54, 1.807) is 47.7 Å². The van der Waals surface area contributed by atoms with E-state index in [0.717, 1.165) is 0 Å². The summed E-state index contributed by atoms with van der Waals surface area (Å²) in [6.07, 6.45) is 3.19. The first-order valence-corrected chi connectivity index (χ1v) is 10.3. The fraction of sp³-hybridized carbons (Fsp3) is 0.227. The second-order valence-corrected chi connectivity index (χ2v) is 7.77. The molecule has 0 unspecified atom stereocenters. The van der Waals surface area contributed by atoms with Gasteiger partial charge in [-0.25, -0.2) is 14.2 Å². The van der Waals surface area contributed by atoms with E-state index in [1.165, 1.54) is 12.3 Å². The molecule has 1 aliphatic heterocycles. The van der Waals surface area contributed by atoms with Crippen LogP contribution in [-0.2, 0) is 0 Å². The van der Waals surface area contributed by atoms with Crippen molar-refractivity contribution in [2.75, 3.05) is 25.5 Å². The normalized spacial score (nSPS) is 13.7. The summed E-state index contributed by atoms with van der Waals surface area (Å²) < 4.78 is 21.7. The molecule has 1 saturated heterocycles. The maximum absolute atomic E-state index is 14.7. The van der Waals surface area contributed by atoms with E-state index >= 15 is 0 Å². The molecule has 168 valence electrons. The first-order chi connectivity index (χ1) is 15.9. The molecule has 2 N–H and O–H groups in total. The molecule has 0 radical (unpaired) electrons. The average molecular weight is 449 g/mol. The maximum Gasteiger partial charge on any atom is 0.317 e. The molecule has 0 atom stereocenters. The number of carbonyl (C=O) groups is 2. The summed E-state index contributed by atoms with van der Waals surface area (Å²) in [6, 6.07) is 8.11. The molecule has 1 aromatic carbocycles. The fourth-order valence-electron chi connectivity index (χ4n) is 3.70. The third-order valence-corrected chi connectivity index (χ3v) is 5.68. The lowest BCUT2D eigenvalue weighted by molar-refractivity contribution is 0.102. The number of halogens is 1. The molecule has 4 aromatic rings. The highest BCUT2D eigenvalue weighted by Gasteiger charge is 2.34. The van der Waals surface area contributed by atoms with Crippen molar-refractivity contribution >= 4 is 23.3 Å². The van der Waals surface area contributed by atoms with E-state index in [-0.39, 0.29) is 29.1 Å². The number of rotatable bonds is 4. The van der Waals surface area contributed by atoms with Crippen molar-refractivity contribution in [3.63, 3.8) is 0 Å². The molecule has 1 aliphatic rings. The molecular formula is C22H20FN7O3. The van der Waals surface area contributed by atoms with Crippen LogP contribution in [0, 0.1) is 12.7 Å². The number of benzene rings is 1. The number of hydrogen-bond acceptors (Lipinski definition) is 6. The number of aromatic nitrogens is 4. The molecule has 1 fully saturated rings. The molecule has 0 saturated carbocycles. The van der Waals surface area contributed by atoms with Gasteiger partial charge in [0.05, 0.1) is 12.1 Å². The second-order valence-electron chi connectivity index (χ2n) is 7.77. The van der Waals surface area contributed by atoms with Gasteiger partial charge in [0.25, 0.3) is 11.8 Å². The van der Waals surface area contributed by atoms with E-state index in [1.807, 2.05) is 6.07 Å². The first kappa shape index (κ1) is 20.6. The summed E-state index contributed by atoms with van der Waals surface area (Å²) in [5.74, 6) is -0.419. The van der Waals surface area contributed by atoms with E-state index in [9.17, 15) is 14.0 Å². The number of hydrogen-bond donors (Lipinski definition) is 2. The number of carbonyl (C=O) groups excluding carboxylic acids is 2. The Balaban J connectivity index is 1.38. The van der Waals surface area contributed by atoms with Gasteiger partial charge in [0.2, 0.25) is 0 Å². The Morgan fingerprint density at radius 1 is 1.24 bits per heavy atom. The van der Waals surface area contributed by atoms with Gasteiger partial charge >= 0.3 is 6.03 Å². The van der Waals surface area contributed by atoms with Gasteiger partial charge in [-0.2, -0.15) is 4.98 Å². The van der Waals surface area contributed by atoms with Gasteiger partial charge < -0.3 is 20.1 Å². The molecule has 11 heteroatoms. The highest BCUT2D eigenvalue weighted by atomic mass is 19.1. The van der Waals surface area contributed by atoms with Crippen LogP contribution in [0.1, 0.15) is 27.8 Å². The molecule has 10 nitrogen and oxygen atoms in total. The van der Waals surface area contributed by atoms with Crippen molar-refractivity contribution in [1.82, 2.24) is 29.7 Å². The zero-order valence-corrected chi connectivity index (χ0v) is 17.9. The van der Waals surface area contributed by atoms with E-state index in [4.69, 9.17) is 4.52 Å². The summed E-state index contributed by atoms with van der Waals surface area (Å²) in [6.45, 7) is 2.52. The minimum absolute atomic E-state index is 0.0515. The molecule has 3 amide bonds. The van der Waals surface area contributed by atoms with Crippen molar-refractivity contribution in [2.45, 2.75) is 12.8 Å². The van der Waals surface area contributed by atoms with Crippen LogP contribution in [0.25, 0.3) is 17.1 Å². The van der Waals surface area contributed by atoms with Crippen LogP contribution in [0.2, 0.25) is 0 Å². The molecule has 0 aliphatic carbocycles. The van der Waals surface area contributed by atoms with Crippen LogP contribution in [0.15, 0.2) is 47.2 Å². The van der Waals surface area contributed by atoms with E-state index in [0.29, 0.717) is 35.8 Å². The minimum atomic E-state index is -0.518. The van der Waals surface area contributed by atoms with Gasteiger partial charge in [-0.1, -0.05) is 11.2 Å². The van der Waals surface area contributed by atoms with Gasteiger partial charge in [-0.05, 0) is 31.2 Å². The Bertz CT molecular complexity index is 1370. The number of nitrogens with zero attached hydrogens (tertiary/aromatic N) is 5. The summed E-state index contributed by atoms with van der Waals surface area (Å²) in [5, 5.41) is 9.30. The first-order valence-electron chi connectivity index (χ1n) is 10.3. The lowest BCUT2D eigenvalue weighted by Crippen LogP contribution is -2.52. The quantitative estimate of drug-likeness (QED) is 0.495. The summed E-state index contributed by atoms with van der Waals surface area (Å²) in [5.41, 5.74) is 1.86. The topological polar surface area (TPSA) is 118 Å². The molecule has 0 spiro atoms. The zero-order chi connectivity index (χ0) is 23.1. The largest absolute Gasteiger partial charge is 0.341 e.